The van der Waals surface area contributed by atoms with Gasteiger partial charge in [-0.25, -0.2) is 4.79 Å². The Hall–Kier alpha value is -2.54. The number of carbonyl (C=O) groups excluding carboxylic acids is 1. The molecule has 1 aromatic carbocycles. The van der Waals surface area contributed by atoms with Crippen molar-refractivity contribution in [1.29, 1.82) is 0 Å². The number of carbonyl (C=O) groups is 1. The van der Waals surface area contributed by atoms with E-state index in [9.17, 15) is 9.59 Å². The number of nitrogens with zero attached hydrogens (tertiary/aromatic N) is 2. The van der Waals surface area contributed by atoms with Gasteiger partial charge in [0.15, 0.2) is 5.58 Å². The molecular formula is C17H19N3O3S. The topological polar surface area (TPSA) is 67.5 Å². The van der Waals surface area contributed by atoms with Gasteiger partial charge in [0, 0.05) is 24.7 Å². The quantitative estimate of drug-likeness (QED) is 0.772. The predicted octanol–water partition coefficient (Wildman–Crippen LogP) is 2.82. The van der Waals surface area contributed by atoms with E-state index in [0.29, 0.717) is 11.1 Å². The summed E-state index contributed by atoms with van der Waals surface area (Å²) in [6.45, 7) is 2.19. The number of aromatic nitrogens is 1. The van der Waals surface area contributed by atoms with E-state index in [-0.39, 0.29) is 18.5 Å². The van der Waals surface area contributed by atoms with Gasteiger partial charge in [-0.3, -0.25) is 9.36 Å². The second kappa shape index (κ2) is 6.52. The zero-order chi connectivity index (χ0) is 17.3. The van der Waals surface area contributed by atoms with E-state index in [2.05, 4.69) is 5.32 Å². The summed E-state index contributed by atoms with van der Waals surface area (Å²) in [6.07, 6.45) is 0. The van der Waals surface area contributed by atoms with E-state index in [4.69, 9.17) is 4.42 Å². The summed E-state index contributed by atoms with van der Waals surface area (Å²) in [5.41, 5.74) is 1.99. The average Bonchev–Trinajstić information content (AvgIpc) is 3.21. The van der Waals surface area contributed by atoms with Gasteiger partial charge < -0.3 is 14.6 Å². The van der Waals surface area contributed by atoms with E-state index in [0.717, 1.165) is 10.6 Å². The first-order valence-electron chi connectivity index (χ1n) is 7.60. The standard InChI is InChI=1S/C17H19N3O3S/c1-11(15-5-4-8-24-15)19(2)16(21)10-18-12-6-7-14-13(9-12)20(3)17(22)23-14/h4-9,11,18H,10H2,1-3H3/t11-/m0/s1. The summed E-state index contributed by atoms with van der Waals surface area (Å²) in [6, 6.07) is 9.37. The number of thiophene rings is 1. The van der Waals surface area contributed by atoms with Crippen molar-refractivity contribution in [2.24, 2.45) is 7.05 Å². The van der Waals surface area contributed by atoms with Crippen LogP contribution in [0.2, 0.25) is 0 Å². The smallest absolute Gasteiger partial charge is 0.408 e. The van der Waals surface area contributed by atoms with Gasteiger partial charge in [-0.05, 0) is 36.6 Å². The van der Waals surface area contributed by atoms with Gasteiger partial charge in [-0.2, -0.15) is 0 Å². The van der Waals surface area contributed by atoms with Crippen molar-refractivity contribution in [3.05, 3.63) is 51.1 Å². The molecular weight excluding hydrogens is 326 g/mol. The van der Waals surface area contributed by atoms with Crippen LogP contribution in [0.3, 0.4) is 0 Å². The molecule has 0 fully saturated rings. The minimum Gasteiger partial charge on any atom is -0.408 e. The van der Waals surface area contributed by atoms with Gasteiger partial charge in [0.25, 0.3) is 0 Å². The highest BCUT2D eigenvalue weighted by atomic mass is 32.1. The fourth-order valence-electron chi connectivity index (χ4n) is 2.47. The molecule has 1 atom stereocenters. The third-order valence-corrected chi connectivity index (χ3v) is 5.21. The van der Waals surface area contributed by atoms with Crippen molar-refractivity contribution in [3.63, 3.8) is 0 Å². The molecule has 0 bridgehead atoms. The lowest BCUT2D eigenvalue weighted by molar-refractivity contribution is -0.129. The number of rotatable bonds is 5. The number of likely N-dealkylation sites (N-methyl/N-ethyl adjacent to an activating group) is 1. The molecule has 3 rings (SSSR count). The summed E-state index contributed by atoms with van der Waals surface area (Å²) in [4.78, 5) is 26.8. The summed E-state index contributed by atoms with van der Waals surface area (Å²) in [5, 5.41) is 5.12. The van der Waals surface area contributed by atoms with Gasteiger partial charge >= 0.3 is 5.76 Å². The molecule has 0 aliphatic rings. The zero-order valence-corrected chi connectivity index (χ0v) is 14.6. The van der Waals surface area contributed by atoms with Crippen LogP contribution in [0.1, 0.15) is 17.8 Å². The Labute approximate surface area is 143 Å². The van der Waals surface area contributed by atoms with Crippen LogP contribution >= 0.6 is 11.3 Å². The summed E-state index contributed by atoms with van der Waals surface area (Å²) in [7, 11) is 3.46. The third kappa shape index (κ3) is 3.07. The van der Waals surface area contributed by atoms with Gasteiger partial charge in [-0.15, -0.1) is 11.3 Å². The lowest BCUT2D eigenvalue weighted by Gasteiger charge is -2.24. The largest absolute Gasteiger partial charge is 0.419 e. The summed E-state index contributed by atoms with van der Waals surface area (Å²) >= 11 is 1.64. The van der Waals surface area contributed by atoms with E-state index >= 15 is 0 Å². The highest BCUT2D eigenvalue weighted by Crippen LogP contribution is 2.23. The Kier molecular flexibility index (Phi) is 4.44. The summed E-state index contributed by atoms with van der Waals surface area (Å²) < 4.78 is 6.53. The van der Waals surface area contributed by atoms with Crippen molar-refractivity contribution in [3.8, 4) is 0 Å². The first-order valence-corrected chi connectivity index (χ1v) is 8.48. The second-order valence-electron chi connectivity index (χ2n) is 5.66. The maximum Gasteiger partial charge on any atom is 0.419 e. The number of hydrogen-bond acceptors (Lipinski definition) is 5. The molecule has 6 nitrogen and oxygen atoms in total. The summed E-state index contributed by atoms with van der Waals surface area (Å²) in [5.74, 6) is -0.403. The molecule has 24 heavy (non-hydrogen) atoms. The van der Waals surface area contributed by atoms with E-state index in [1.54, 1.807) is 48.5 Å². The highest BCUT2D eigenvalue weighted by Gasteiger charge is 2.18. The zero-order valence-electron chi connectivity index (χ0n) is 13.8. The number of nitrogens with one attached hydrogen (secondary N) is 1. The lowest BCUT2D eigenvalue weighted by atomic mass is 10.2. The van der Waals surface area contributed by atoms with Crippen molar-refractivity contribution >= 4 is 34.0 Å². The van der Waals surface area contributed by atoms with Crippen LogP contribution in [0.15, 0.2) is 44.9 Å². The van der Waals surface area contributed by atoms with Crippen LogP contribution in [0.4, 0.5) is 5.69 Å². The average molecular weight is 345 g/mol. The van der Waals surface area contributed by atoms with Gasteiger partial charge in [-0.1, -0.05) is 6.07 Å². The highest BCUT2D eigenvalue weighted by molar-refractivity contribution is 7.10. The molecule has 126 valence electrons. The van der Waals surface area contributed by atoms with Gasteiger partial charge in [0.1, 0.15) is 0 Å². The fraction of sp³-hybridized carbons (Fsp3) is 0.294. The fourth-order valence-corrected chi connectivity index (χ4v) is 3.30. The molecule has 1 amide bonds. The molecule has 2 aromatic heterocycles. The molecule has 7 heteroatoms. The minimum absolute atomic E-state index is 0.00270. The van der Waals surface area contributed by atoms with Crippen LogP contribution in [0.5, 0.6) is 0 Å². The number of anilines is 1. The molecule has 0 spiro atoms. The molecule has 0 radical (unpaired) electrons. The van der Waals surface area contributed by atoms with Crippen molar-refractivity contribution in [1.82, 2.24) is 9.47 Å². The molecule has 3 aromatic rings. The second-order valence-corrected chi connectivity index (χ2v) is 6.64. The Balaban J connectivity index is 1.67. The number of fused-ring (bicyclic) bond motifs is 1. The lowest BCUT2D eigenvalue weighted by Crippen LogP contribution is -2.34. The number of oxazole rings is 1. The molecule has 0 saturated heterocycles. The van der Waals surface area contributed by atoms with Crippen LogP contribution in [0, 0.1) is 0 Å². The molecule has 0 unspecified atom stereocenters. The van der Waals surface area contributed by atoms with Crippen molar-refractivity contribution < 1.29 is 9.21 Å². The normalized spacial score (nSPS) is 12.3. The van der Waals surface area contributed by atoms with E-state index < -0.39 is 5.76 Å². The monoisotopic (exact) mass is 345 g/mol. The maximum absolute atomic E-state index is 12.4. The van der Waals surface area contributed by atoms with Gasteiger partial charge in [0.2, 0.25) is 5.91 Å². The van der Waals surface area contributed by atoms with Crippen LogP contribution in [-0.4, -0.2) is 29.0 Å². The Morgan fingerprint density at radius 3 is 2.92 bits per heavy atom. The molecule has 0 aliphatic carbocycles. The van der Waals surface area contributed by atoms with Crippen molar-refractivity contribution in [2.75, 3.05) is 18.9 Å². The number of benzene rings is 1. The Morgan fingerprint density at radius 2 is 2.21 bits per heavy atom. The third-order valence-electron chi connectivity index (χ3n) is 4.16. The first kappa shape index (κ1) is 16.3. The van der Waals surface area contributed by atoms with Crippen molar-refractivity contribution in [2.45, 2.75) is 13.0 Å². The number of aryl methyl sites for hydroxylation is 1. The molecule has 0 saturated carbocycles. The number of hydrogen-bond donors (Lipinski definition) is 1. The minimum atomic E-state index is -0.400. The van der Waals surface area contributed by atoms with Crippen LogP contribution < -0.4 is 11.1 Å². The predicted molar refractivity (Wildman–Crippen MR) is 95.4 cm³/mol. The van der Waals surface area contributed by atoms with E-state index in [1.807, 2.05) is 24.4 Å². The molecule has 2 heterocycles. The maximum atomic E-state index is 12.4. The molecule has 0 aliphatic heterocycles. The van der Waals surface area contributed by atoms with Crippen LogP contribution in [-0.2, 0) is 11.8 Å². The number of amides is 1. The SMILES string of the molecule is C[C@@H](c1cccs1)N(C)C(=O)CNc1ccc2oc(=O)n(C)c2c1. The first-order chi connectivity index (χ1) is 11.5. The molecule has 1 N–H and O–H groups in total. The van der Waals surface area contributed by atoms with Crippen LogP contribution in [0.25, 0.3) is 11.1 Å². The Bertz CT molecular complexity index is 911. The van der Waals surface area contributed by atoms with E-state index in [1.165, 1.54) is 4.57 Å². The van der Waals surface area contributed by atoms with Gasteiger partial charge in [0.05, 0.1) is 18.1 Å². The Morgan fingerprint density at radius 1 is 1.42 bits per heavy atom.